The zero-order valence-electron chi connectivity index (χ0n) is 21.5. The minimum atomic E-state index is -1.65. The summed E-state index contributed by atoms with van der Waals surface area (Å²) < 4.78 is 0. The van der Waals surface area contributed by atoms with Crippen LogP contribution in [0.5, 0.6) is 0 Å². The fourth-order valence-corrected chi connectivity index (χ4v) is 3.96. The van der Waals surface area contributed by atoms with Crippen molar-refractivity contribution in [3.05, 3.63) is 36.0 Å². The predicted molar refractivity (Wildman–Crippen MR) is 140 cm³/mol. The molecule has 38 heavy (non-hydrogen) atoms. The Bertz CT molecular complexity index is 1100. The Balaban J connectivity index is 2.12. The fraction of sp³-hybridized carbons (Fsp3) is 0.520. The number of rotatable bonds is 15. The molecule has 1 heterocycles. The van der Waals surface area contributed by atoms with E-state index in [4.69, 9.17) is 11.5 Å². The molecule has 11 N–H and O–H groups in total. The normalized spacial score (nSPS) is 16.1. The van der Waals surface area contributed by atoms with Gasteiger partial charge in [0.05, 0.1) is 18.2 Å². The quantitative estimate of drug-likeness (QED) is 0.120. The Morgan fingerprint density at radius 2 is 1.55 bits per heavy atom. The number of carboxylic acids is 1. The monoisotopic (exact) mass is 534 g/mol. The van der Waals surface area contributed by atoms with Crippen LogP contribution in [0.25, 0.3) is 10.9 Å². The van der Waals surface area contributed by atoms with Gasteiger partial charge in [-0.25, -0.2) is 4.79 Å². The second-order valence-corrected chi connectivity index (χ2v) is 9.31. The van der Waals surface area contributed by atoms with Crippen molar-refractivity contribution in [1.82, 2.24) is 20.9 Å². The molecular weight excluding hydrogens is 496 g/mol. The number of para-hydroxylation sites is 1. The molecule has 0 aliphatic carbocycles. The van der Waals surface area contributed by atoms with Gasteiger partial charge in [0, 0.05) is 17.1 Å². The lowest BCUT2D eigenvalue weighted by atomic mass is 10.0. The number of H-pyrrole nitrogens is 1. The Hall–Kier alpha value is -3.52. The van der Waals surface area contributed by atoms with Crippen molar-refractivity contribution in [3.8, 4) is 0 Å². The SMILES string of the molecule is CC(O)C(NC(=O)C(NC(=O)C(CCCCN)NC(=O)C(N)Cc1c[nH]c2ccccc12)C(C)O)C(=O)O. The molecule has 0 bridgehead atoms. The highest BCUT2D eigenvalue weighted by Crippen LogP contribution is 2.19. The molecule has 210 valence electrons. The molecule has 13 nitrogen and oxygen atoms in total. The van der Waals surface area contributed by atoms with Crippen molar-refractivity contribution < 1.29 is 34.5 Å². The molecule has 1 aromatic carbocycles. The molecule has 2 aromatic rings. The van der Waals surface area contributed by atoms with Crippen LogP contribution in [0.15, 0.2) is 30.5 Å². The average Bonchev–Trinajstić information content (AvgIpc) is 3.26. The number of amides is 3. The van der Waals surface area contributed by atoms with E-state index in [0.29, 0.717) is 19.4 Å². The fourth-order valence-electron chi connectivity index (χ4n) is 3.96. The number of nitrogens with two attached hydrogens (primary N) is 2. The summed E-state index contributed by atoms with van der Waals surface area (Å²) in [5.74, 6) is -3.84. The number of aliphatic hydroxyl groups excluding tert-OH is 2. The molecule has 0 saturated carbocycles. The number of fused-ring (bicyclic) bond motifs is 1. The lowest BCUT2D eigenvalue weighted by molar-refractivity contribution is -0.146. The Morgan fingerprint density at radius 1 is 0.921 bits per heavy atom. The lowest BCUT2D eigenvalue weighted by Crippen LogP contribution is -2.61. The number of hydrogen-bond acceptors (Lipinski definition) is 8. The molecule has 6 unspecified atom stereocenters. The zero-order chi connectivity index (χ0) is 28.4. The van der Waals surface area contributed by atoms with Crippen LogP contribution in [-0.4, -0.2) is 86.9 Å². The van der Waals surface area contributed by atoms with Gasteiger partial charge in [-0.1, -0.05) is 18.2 Å². The van der Waals surface area contributed by atoms with Crippen LogP contribution < -0.4 is 27.4 Å². The van der Waals surface area contributed by atoms with Crippen LogP contribution in [0, 0.1) is 0 Å². The topological polar surface area (TPSA) is 233 Å². The van der Waals surface area contributed by atoms with Crippen molar-refractivity contribution in [1.29, 1.82) is 0 Å². The number of carboxylic acid groups (broad SMARTS) is 1. The van der Waals surface area contributed by atoms with Crippen LogP contribution in [0.2, 0.25) is 0 Å². The summed E-state index contributed by atoms with van der Waals surface area (Å²) >= 11 is 0. The van der Waals surface area contributed by atoms with E-state index in [1.165, 1.54) is 13.8 Å². The molecule has 3 amide bonds. The zero-order valence-corrected chi connectivity index (χ0v) is 21.5. The van der Waals surface area contributed by atoms with E-state index in [2.05, 4.69) is 20.9 Å². The number of aliphatic carboxylic acids is 1. The largest absolute Gasteiger partial charge is 0.480 e. The van der Waals surface area contributed by atoms with E-state index in [1.807, 2.05) is 24.3 Å². The van der Waals surface area contributed by atoms with Gasteiger partial charge in [-0.15, -0.1) is 0 Å². The van der Waals surface area contributed by atoms with Crippen molar-refractivity contribution >= 4 is 34.6 Å². The third kappa shape index (κ3) is 8.52. The molecule has 0 fully saturated rings. The highest BCUT2D eigenvalue weighted by molar-refractivity contribution is 5.94. The van der Waals surface area contributed by atoms with Crippen LogP contribution in [-0.2, 0) is 25.6 Å². The second kappa shape index (κ2) is 14.4. The summed E-state index contributed by atoms with van der Waals surface area (Å²) in [5.41, 5.74) is 13.4. The Labute approximate surface area is 220 Å². The third-order valence-corrected chi connectivity index (χ3v) is 6.14. The minimum absolute atomic E-state index is 0.189. The summed E-state index contributed by atoms with van der Waals surface area (Å²) in [6, 6.07) is 2.30. The van der Waals surface area contributed by atoms with Crippen LogP contribution in [0.3, 0.4) is 0 Å². The summed E-state index contributed by atoms with van der Waals surface area (Å²) in [6.07, 6.45) is 0.398. The molecular formula is C25H38N6O7. The summed E-state index contributed by atoms with van der Waals surface area (Å²) in [7, 11) is 0. The van der Waals surface area contributed by atoms with E-state index < -0.39 is 60.1 Å². The van der Waals surface area contributed by atoms with E-state index in [1.54, 1.807) is 6.20 Å². The molecule has 13 heteroatoms. The summed E-state index contributed by atoms with van der Waals surface area (Å²) in [4.78, 5) is 53.1. The van der Waals surface area contributed by atoms with Gasteiger partial charge in [0.15, 0.2) is 6.04 Å². The molecule has 2 rings (SSSR count). The molecule has 6 atom stereocenters. The van der Waals surface area contributed by atoms with Gasteiger partial charge >= 0.3 is 5.97 Å². The standard InChI is InChI=1S/C25H38N6O7/c1-13(32)20(24(36)31-21(14(2)33)25(37)38)30-23(35)19(9-5-6-10-26)29-22(34)17(27)11-15-12-28-18-8-4-3-7-16(15)18/h3-4,7-8,12-14,17,19-21,28,32-33H,5-6,9-11,26-27H2,1-2H3,(H,29,34)(H,30,35)(H,31,36)(H,37,38). The van der Waals surface area contributed by atoms with Crippen molar-refractivity contribution in [2.75, 3.05) is 6.54 Å². The van der Waals surface area contributed by atoms with Gasteiger partial charge in [-0.05, 0) is 57.7 Å². The minimum Gasteiger partial charge on any atom is -0.480 e. The van der Waals surface area contributed by atoms with E-state index in [-0.39, 0.29) is 12.8 Å². The lowest BCUT2D eigenvalue weighted by Gasteiger charge is -2.27. The smallest absolute Gasteiger partial charge is 0.328 e. The number of nitrogens with one attached hydrogen (secondary N) is 4. The molecule has 0 saturated heterocycles. The first kappa shape index (κ1) is 30.7. The van der Waals surface area contributed by atoms with Gasteiger partial charge in [0.1, 0.15) is 12.1 Å². The first-order chi connectivity index (χ1) is 18.0. The highest BCUT2D eigenvalue weighted by Gasteiger charge is 2.34. The van der Waals surface area contributed by atoms with Gasteiger partial charge in [0.2, 0.25) is 17.7 Å². The van der Waals surface area contributed by atoms with Crippen LogP contribution in [0.4, 0.5) is 0 Å². The number of benzene rings is 1. The number of carbonyl (C=O) groups is 4. The number of unbranched alkanes of at least 4 members (excludes halogenated alkanes) is 1. The third-order valence-electron chi connectivity index (χ3n) is 6.14. The highest BCUT2D eigenvalue weighted by atomic mass is 16.4. The molecule has 0 spiro atoms. The summed E-state index contributed by atoms with van der Waals surface area (Å²) in [6.45, 7) is 2.79. The van der Waals surface area contributed by atoms with E-state index in [0.717, 1.165) is 16.5 Å². The maximum Gasteiger partial charge on any atom is 0.328 e. The Kier molecular flexibility index (Phi) is 11.7. The van der Waals surface area contributed by atoms with Gasteiger partial charge < -0.3 is 47.7 Å². The number of aromatic nitrogens is 1. The Morgan fingerprint density at radius 3 is 2.16 bits per heavy atom. The van der Waals surface area contributed by atoms with Crippen molar-refractivity contribution in [2.24, 2.45) is 11.5 Å². The predicted octanol–water partition coefficient (Wildman–Crippen LogP) is -1.53. The molecule has 1 aromatic heterocycles. The first-order valence-corrected chi connectivity index (χ1v) is 12.5. The van der Waals surface area contributed by atoms with E-state index >= 15 is 0 Å². The van der Waals surface area contributed by atoms with Crippen LogP contribution >= 0.6 is 0 Å². The number of aromatic amines is 1. The van der Waals surface area contributed by atoms with Gasteiger partial charge in [0.25, 0.3) is 0 Å². The summed E-state index contributed by atoms with van der Waals surface area (Å²) in [5, 5.41) is 37.0. The molecule has 0 aliphatic heterocycles. The maximum absolute atomic E-state index is 13.1. The van der Waals surface area contributed by atoms with Crippen molar-refractivity contribution in [2.45, 2.75) is 75.9 Å². The van der Waals surface area contributed by atoms with E-state index in [9.17, 15) is 34.5 Å². The second-order valence-electron chi connectivity index (χ2n) is 9.31. The number of carbonyl (C=O) groups excluding carboxylic acids is 3. The van der Waals surface area contributed by atoms with Gasteiger partial charge in [-0.3, -0.25) is 14.4 Å². The van der Waals surface area contributed by atoms with Crippen LogP contribution in [0.1, 0.15) is 38.7 Å². The van der Waals surface area contributed by atoms with Gasteiger partial charge in [-0.2, -0.15) is 0 Å². The molecule has 0 aliphatic rings. The maximum atomic E-state index is 13.1. The van der Waals surface area contributed by atoms with Crippen molar-refractivity contribution in [3.63, 3.8) is 0 Å². The molecule has 0 radical (unpaired) electrons. The average molecular weight is 535 g/mol. The number of aliphatic hydroxyl groups is 2. The first-order valence-electron chi connectivity index (χ1n) is 12.5. The number of hydrogen-bond donors (Lipinski definition) is 9.